The first kappa shape index (κ1) is 19.0. The zero-order chi connectivity index (χ0) is 20.3. The van der Waals surface area contributed by atoms with Crippen LogP contribution in [0.4, 0.5) is 5.69 Å². The highest BCUT2D eigenvalue weighted by Gasteiger charge is 2.27. The largest absolute Gasteiger partial charge is 0.489 e. The summed E-state index contributed by atoms with van der Waals surface area (Å²) in [5, 5.41) is 11.1. The van der Waals surface area contributed by atoms with Crippen molar-refractivity contribution >= 4 is 23.6 Å². The highest BCUT2D eigenvalue weighted by atomic mass is 16.6. The fourth-order valence-electron chi connectivity index (χ4n) is 2.60. The molecule has 0 saturated heterocycles. The maximum absolute atomic E-state index is 12.2. The first-order valence-electron chi connectivity index (χ1n) is 8.49. The van der Waals surface area contributed by atoms with Gasteiger partial charge in [0, 0.05) is 17.2 Å². The summed E-state index contributed by atoms with van der Waals surface area (Å²) in [6.07, 6.45) is 1.59. The number of rotatable bonds is 6. The quantitative estimate of drug-likeness (QED) is 0.247. The SMILES string of the molecule is C=C(C)COc1ccc(/C=C2\N=C(c3cccc([N+](=O)[O-])c3C)OC2=O)cc1. The van der Waals surface area contributed by atoms with E-state index in [0.29, 0.717) is 23.5 Å². The third kappa shape index (κ3) is 4.15. The van der Waals surface area contributed by atoms with Crippen molar-refractivity contribution in [2.75, 3.05) is 6.61 Å². The number of ether oxygens (including phenoxy) is 2. The summed E-state index contributed by atoms with van der Waals surface area (Å²) in [5.74, 6) is 0.137. The van der Waals surface area contributed by atoms with Gasteiger partial charge in [-0.2, -0.15) is 0 Å². The molecule has 0 amide bonds. The van der Waals surface area contributed by atoms with E-state index >= 15 is 0 Å². The van der Waals surface area contributed by atoms with Crippen LogP contribution in [0.25, 0.3) is 6.08 Å². The van der Waals surface area contributed by atoms with Gasteiger partial charge < -0.3 is 9.47 Å². The molecule has 142 valence electrons. The Bertz CT molecular complexity index is 1020. The monoisotopic (exact) mass is 378 g/mol. The van der Waals surface area contributed by atoms with Crippen molar-refractivity contribution in [3.63, 3.8) is 0 Å². The first-order chi connectivity index (χ1) is 13.3. The van der Waals surface area contributed by atoms with Crippen LogP contribution in [0, 0.1) is 17.0 Å². The van der Waals surface area contributed by atoms with Crippen LogP contribution in [0.1, 0.15) is 23.6 Å². The highest BCUT2D eigenvalue weighted by molar-refractivity contribution is 6.13. The van der Waals surface area contributed by atoms with Crippen LogP contribution < -0.4 is 4.74 Å². The maximum atomic E-state index is 12.2. The molecule has 1 aliphatic heterocycles. The second kappa shape index (κ2) is 7.87. The second-order valence-electron chi connectivity index (χ2n) is 6.36. The molecule has 0 aromatic heterocycles. The van der Waals surface area contributed by atoms with Gasteiger partial charge in [-0.1, -0.05) is 24.8 Å². The standard InChI is InChI=1S/C21H18N2O5/c1-13(2)12-27-16-9-7-15(8-10-16)11-18-21(24)28-20(22-18)17-5-4-6-19(14(17)3)23(25)26/h4-11H,1,12H2,2-3H3/b18-11-. The molecule has 0 saturated carbocycles. The van der Waals surface area contributed by atoms with Gasteiger partial charge in [0.2, 0.25) is 5.90 Å². The molecule has 0 atom stereocenters. The number of nitrogens with zero attached hydrogens (tertiary/aromatic N) is 2. The topological polar surface area (TPSA) is 91.0 Å². The lowest BCUT2D eigenvalue weighted by atomic mass is 10.1. The molecular formula is C21H18N2O5. The lowest BCUT2D eigenvalue weighted by Crippen LogP contribution is -2.08. The number of cyclic esters (lactones) is 1. The predicted molar refractivity (Wildman–Crippen MR) is 105 cm³/mol. The summed E-state index contributed by atoms with van der Waals surface area (Å²) >= 11 is 0. The molecule has 1 aliphatic rings. The van der Waals surface area contributed by atoms with E-state index in [1.54, 1.807) is 43.3 Å². The second-order valence-corrected chi connectivity index (χ2v) is 6.36. The van der Waals surface area contributed by atoms with Crippen molar-refractivity contribution in [2.24, 2.45) is 4.99 Å². The molecule has 2 aromatic rings. The fourth-order valence-corrected chi connectivity index (χ4v) is 2.60. The normalized spacial score (nSPS) is 14.6. The number of carbonyl (C=O) groups is 1. The molecule has 7 heteroatoms. The number of benzene rings is 2. The Hall–Kier alpha value is -3.74. The summed E-state index contributed by atoms with van der Waals surface area (Å²) in [4.78, 5) is 27.0. The van der Waals surface area contributed by atoms with Gasteiger partial charge in [-0.05, 0) is 49.3 Å². The van der Waals surface area contributed by atoms with Crippen molar-refractivity contribution in [3.8, 4) is 5.75 Å². The van der Waals surface area contributed by atoms with Gasteiger partial charge in [-0.15, -0.1) is 0 Å². The van der Waals surface area contributed by atoms with Crippen LogP contribution in [0.2, 0.25) is 0 Å². The van der Waals surface area contributed by atoms with E-state index in [0.717, 1.165) is 11.1 Å². The molecular weight excluding hydrogens is 360 g/mol. The van der Waals surface area contributed by atoms with E-state index in [4.69, 9.17) is 9.47 Å². The van der Waals surface area contributed by atoms with E-state index < -0.39 is 10.9 Å². The maximum Gasteiger partial charge on any atom is 0.363 e. The van der Waals surface area contributed by atoms with E-state index in [9.17, 15) is 14.9 Å². The lowest BCUT2D eigenvalue weighted by molar-refractivity contribution is -0.385. The average Bonchev–Trinajstić information content (AvgIpc) is 3.01. The molecule has 0 aliphatic carbocycles. The van der Waals surface area contributed by atoms with Crippen LogP contribution in [0.3, 0.4) is 0 Å². The predicted octanol–water partition coefficient (Wildman–Crippen LogP) is 4.20. The molecule has 3 rings (SSSR count). The third-order valence-corrected chi connectivity index (χ3v) is 4.02. The molecule has 28 heavy (non-hydrogen) atoms. The zero-order valence-corrected chi connectivity index (χ0v) is 15.5. The Morgan fingerprint density at radius 1 is 1.29 bits per heavy atom. The van der Waals surface area contributed by atoms with Crippen LogP contribution in [0.15, 0.2) is 65.3 Å². The molecule has 1 heterocycles. The molecule has 0 unspecified atom stereocenters. The highest BCUT2D eigenvalue weighted by Crippen LogP contribution is 2.26. The number of hydrogen-bond donors (Lipinski definition) is 0. The minimum absolute atomic E-state index is 0.0545. The number of carbonyl (C=O) groups excluding carboxylic acids is 1. The van der Waals surface area contributed by atoms with Crippen molar-refractivity contribution < 1.29 is 19.2 Å². The molecule has 0 radical (unpaired) electrons. The molecule has 7 nitrogen and oxygen atoms in total. The van der Waals surface area contributed by atoms with Gasteiger partial charge in [0.15, 0.2) is 5.70 Å². The first-order valence-corrected chi connectivity index (χ1v) is 8.49. The van der Waals surface area contributed by atoms with Gasteiger partial charge in [0.05, 0.1) is 4.92 Å². The molecule has 0 N–H and O–H groups in total. The van der Waals surface area contributed by atoms with Gasteiger partial charge >= 0.3 is 5.97 Å². The van der Waals surface area contributed by atoms with Crippen molar-refractivity contribution in [1.82, 2.24) is 0 Å². The van der Waals surface area contributed by atoms with Crippen LogP contribution in [-0.2, 0) is 9.53 Å². The number of nitro groups is 1. The Balaban J connectivity index is 1.85. The number of esters is 1. The summed E-state index contributed by atoms with van der Waals surface area (Å²) in [6.45, 7) is 7.68. The molecule has 0 spiro atoms. The summed E-state index contributed by atoms with van der Waals surface area (Å²) in [7, 11) is 0. The number of nitro benzene ring substituents is 1. The van der Waals surface area contributed by atoms with Crippen molar-refractivity contribution in [2.45, 2.75) is 13.8 Å². The number of aliphatic imine (C=N–C) groups is 1. The van der Waals surface area contributed by atoms with E-state index in [2.05, 4.69) is 11.6 Å². The van der Waals surface area contributed by atoms with Crippen LogP contribution >= 0.6 is 0 Å². The van der Waals surface area contributed by atoms with Gasteiger partial charge in [0.1, 0.15) is 12.4 Å². The minimum Gasteiger partial charge on any atom is -0.489 e. The Morgan fingerprint density at radius 3 is 2.64 bits per heavy atom. The van der Waals surface area contributed by atoms with Crippen molar-refractivity contribution in [1.29, 1.82) is 0 Å². The summed E-state index contributed by atoms with van der Waals surface area (Å²) in [5.41, 5.74) is 2.53. The molecule has 0 fully saturated rings. The Morgan fingerprint density at radius 2 is 2.00 bits per heavy atom. The lowest BCUT2D eigenvalue weighted by Gasteiger charge is -2.05. The summed E-state index contributed by atoms with van der Waals surface area (Å²) < 4.78 is 10.8. The minimum atomic E-state index is -0.608. The fraction of sp³-hybridized carbons (Fsp3) is 0.143. The van der Waals surface area contributed by atoms with Gasteiger partial charge in [0.25, 0.3) is 5.69 Å². The summed E-state index contributed by atoms with van der Waals surface area (Å²) in [6, 6.07) is 11.7. The van der Waals surface area contributed by atoms with E-state index in [1.165, 1.54) is 12.1 Å². The van der Waals surface area contributed by atoms with Gasteiger partial charge in [-0.3, -0.25) is 10.1 Å². The zero-order valence-electron chi connectivity index (χ0n) is 15.5. The average molecular weight is 378 g/mol. The van der Waals surface area contributed by atoms with E-state index in [-0.39, 0.29) is 17.3 Å². The smallest absolute Gasteiger partial charge is 0.363 e. The van der Waals surface area contributed by atoms with E-state index in [1.807, 2.05) is 6.92 Å². The Kier molecular flexibility index (Phi) is 5.35. The van der Waals surface area contributed by atoms with Crippen LogP contribution in [0.5, 0.6) is 5.75 Å². The molecule has 0 bridgehead atoms. The molecule has 2 aromatic carbocycles. The van der Waals surface area contributed by atoms with Gasteiger partial charge in [-0.25, -0.2) is 9.79 Å². The Labute approximate surface area is 161 Å². The van der Waals surface area contributed by atoms with Crippen molar-refractivity contribution in [3.05, 3.63) is 87.1 Å². The van der Waals surface area contributed by atoms with Crippen LogP contribution in [-0.4, -0.2) is 23.4 Å². The number of hydrogen-bond acceptors (Lipinski definition) is 6. The third-order valence-electron chi connectivity index (χ3n) is 4.02.